The smallest absolute Gasteiger partial charge is 0.201 e. The first-order chi connectivity index (χ1) is 15.5. The first-order valence-electron chi connectivity index (χ1n) is 12.0. The Morgan fingerprint density at radius 1 is 0.906 bits per heavy atom. The Balaban J connectivity index is 1.57. The van der Waals surface area contributed by atoms with Crippen molar-refractivity contribution in [2.24, 2.45) is 11.8 Å². The summed E-state index contributed by atoms with van der Waals surface area (Å²) in [7, 11) is 0. The Labute approximate surface area is 190 Å². The van der Waals surface area contributed by atoms with Crippen LogP contribution in [0, 0.1) is 29.3 Å². The number of hydrogen-bond acceptors (Lipinski definition) is 1. The Hall–Kier alpha value is -2.23. The second-order valence-corrected chi connectivity index (χ2v) is 9.07. The van der Waals surface area contributed by atoms with Gasteiger partial charge in [-0.15, -0.1) is 0 Å². The van der Waals surface area contributed by atoms with Crippen LogP contribution in [0.15, 0.2) is 43.0 Å². The lowest BCUT2D eigenvalue weighted by atomic mass is 9.78. The van der Waals surface area contributed by atoms with Crippen molar-refractivity contribution in [3.05, 3.63) is 66.0 Å². The third-order valence-electron chi connectivity index (χ3n) is 6.75. The summed E-state index contributed by atoms with van der Waals surface area (Å²) in [5, 5.41) is 0. The lowest BCUT2D eigenvalue weighted by Crippen LogP contribution is -2.15. The van der Waals surface area contributed by atoms with Crippen molar-refractivity contribution in [1.82, 2.24) is 0 Å². The highest BCUT2D eigenvalue weighted by molar-refractivity contribution is 5.66. The van der Waals surface area contributed by atoms with Crippen LogP contribution >= 0.6 is 0 Å². The number of ether oxygens (including phenoxy) is 1. The lowest BCUT2D eigenvalue weighted by molar-refractivity contribution is 0.249. The van der Waals surface area contributed by atoms with Crippen LogP contribution in [0.2, 0.25) is 0 Å². The molecule has 1 aliphatic rings. The predicted octanol–water partition coefficient (Wildman–Crippen LogP) is 8.66. The summed E-state index contributed by atoms with van der Waals surface area (Å²) in [6.45, 7) is 5.80. The Bertz CT molecular complexity index is 884. The zero-order valence-corrected chi connectivity index (χ0v) is 19.1. The van der Waals surface area contributed by atoms with Gasteiger partial charge in [0.2, 0.25) is 5.82 Å². The van der Waals surface area contributed by atoms with Gasteiger partial charge in [-0.3, -0.25) is 0 Å². The van der Waals surface area contributed by atoms with Gasteiger partial charge in [0, 0.05) is 11.1 Å². The molecule has 0 atom stereocenters. The van der Waals surface area contributed by atoms with Crippen LogP contribution in [0.5, 0.6) is 5.75 Å². The fourth-order valence-electron chi connectivity index (χ4n) is 4.80. The number of unbranched alkanes of at least 4 members (excludes halogenated alkanes) is 2. The van der Waals surface area contributed by atoms with Crippen molar-refractivity contribution >= 4 is 0 Å². The molecule has 4 heteroatoms. The van der Waals surface area contributed by atoms with Crippen molar-refractivity contribution in [3.8, 4) is 16.9 Å². The van der Waals surface area contributed by atoms with Crippen LogP contribution in [-0.2, 0) is 6.42 Å². The second kappa shape index (κ2) is 12.1. The third kappa shape index (κ3) is 6.40. The monoisotopic (exact) mass is 444 g/mol. The average Bonchev–Trinajstić information content (AvgIpc) is 2.80. The molecular formula is C28H35F3O. The summed E-state index contributed by atoms with van der Waals surface area (Å²) in [4.78, 5) is 0. The van der Waals surface area contributed by atoms with Gasteiger partial charge in [0.1, 0.15) is 12.4 Å². The first kappa shape index (κ1) is 24.4. The topological polar surface area (TPSA) is 9.23 Å². The van der Waals surface area contributed by atoms with Gasteiger partial charge < -0.3 is 4.74 Å². The zero-order chi connectivity index (χ0) is 22.9. The molecule has 0 aliphatic heterocycles. The fourth-order valence-corrected chi connectivity index (χ4v) is 4.80. The molecule has 1 aliphatic carbocycles. The fraction of sp³-hybridized carbons (Fsp3) is 0.500. The molecule has 0 N–H and O–H groups in total. The van der Waals surface area contributed by atoms with Gasteiger partial charge in [-0.05, 0) is 48.4 Å². The Morgan fingerprint density at radius 2 is 1.59 bits per heavy atom. The molecule has 174 valence electrons. The summed E-state index contributed by atoms with van der Waals surface area (Å²) < 4.78 is 48.7. The van der Waals surface area contributed by atoms with E-state index >= 15 is 0 Å². The van der Waals surface area contributed by atoms with Crippen LogP contribution in [0.25, 0.3) is 11.1 Å². The van der Waals surface area contributed by atoms with Crippen molar-refractivity contribution in [2.45, 2.75) is 71.1 Å². The number of rotatable bonds is 11. The second-order valence-electron chi connectivity index (χ2n) is 9.07. The van der Waals surface area contributed by atoms with E-state index in [1.807, 2.05) is 6.07 Å². The summed E-state index contributed by atoms with van der Waals surface area (Å²) in [5.74, 6) is -1.36. The summed E-state index contributed by atoms with van der Waals surface area (Å²) in [5.41, 5.74) is 0.870. The Morgan fingerprint density at radius 3 is 2.25 bits per heavy atom. The number of halogens is 3. The minimum Gasteiger partial charge on any atom is -0.486 e. The molecule has 0 radical (unpaired) electrons. The van der Waals surface area contributed by atoms with Crippen molar-refractivity contribution in [2.75, 3.05) is 6.61 Å². The van der Waals surface area contributed by atoms with Crippen LogP contribution in [0.3, 0.4) is 0 Å². The van der Waals surface area contributed by atoms with E-state index in [2.05, 4.69) is 13.5 Å². The van der Waals surface area contributed by atoms with Gasteiger partial charge in [-0.25, -0.2) is 8.78 Å². The molecule has 0 unspecified atom stereocenters. The number of aryl methyl sites for hydroxylation is 1. The van der Waals surface area contributed by atoms with Crippen LogP contribution in [0.4, 0.5) is 13.2 Å². The van der Waals surface area contributed by atoms with E-state index in [1.165, 1.54) is 75.6 Å². The predicted molar refractivity (Wildman–Crippen MR) is 125 cm³/mol. The summed E-state index contributed by atoms with van der Waals surface area (Å²) in [6, 6.07) is 7.52. The van der Waals surface area contributed by atoms with E-state index in [0.29, 0.717) is 5.92 Å². The van der Waals surface area contributed by atoms with Crippen LogP contribution in [-0.4, -0.2) is 6.61 Å². The maximum absolute atomic E-state index is 14.8. The van der Waals surface area contributed by atoms with Gasteiger partial charge >= 0.3 is 0 Å². The van der Waals surface area contributed by atoms with E-state index in [9.17, 15) is 13.2 Å². The molecule has 1 nitrogen and oxygen atoms in total. The lowest BCUT2D eigenvalue weighted by Gasteiger charge is -2.28. The maximum atomic E-state index is 14.8. The van der Waals surface area contributed by atoms with E-state index in [-0.39, 0.29) is 23.5 Å². The molecule has 1 fully saturated rings. The highest BCUT2D eigenvalue weighted by Crippen LogP contribution is 2.35. The van der Waals surface area contributed by atoms with Crippen molar-refractivity contribution in [3.63, 3.8) is 0 Å². The molecule has 0 bridgehead atoms. The summed E-state index contributed by atoms with van der Waals surface area (Å²) >= 11 is 0. The molecule has 1 saturated carbocycles. The van der Waals surface area contributed by atoms with Gasteiger partial charge in [0.05, 0.1) is 0 Å². The molecule has 32 heavy (non-hydrogen) atoms. The molecule has 0 amide bonds. The molecule has 0 saturated heterocycles. The van der Waals surface area contributed by atoms with Crippen molar-refractivity contribution in [1.29, 1.82) is 0 Å². The van der Waals surface area contributed by atoms with Crippen LogP contribution in [0.1, 0.15) is 70.3 Å². The zero-order valence-electron chi connectivity index (χ0n) is 19.1. The highest BCUT2D eigenvalue weighted by atomic mass is 19.2. The molecule has 0 heterocycles. The highest BCUT2D eigenvalue weighted by Gasteiger charge is 2.21. The largest absolute Gasteiger partial charge is 0.486 e. The number of benzene rings is 2. The van der Waals surface area contributed by atoms with Crippen LogP contribution < -0.4 is 4.74 Å². The van der Waals surface area contributed by atoms with Crippen molar-refractivity contribution < 1.29 is 17.9 Å². The average molecular weight is 445 g/mol. The minimum absolute atomic E-state index is 0.0630. The normalized spacial score (nSPS) is 18.5. The first-order valence-corrected chi connectivity index (χ1v) is 12.0. The van der Waals surface area contributed by atoms with E-state index in [4.69, 9.17) is 4.74 Å². The standard InChI is InChI=1S/C28H35F3O/c1-3-5-6-7-20-8-10-21(11-9-20)12-13-22-14-15-23(25(29)19-22)24-16-17-26(32-18-4-2)28(31)27(24)30/h4,14-17,19-21H,2-3,5-13,18H2,1H3. The van der Waals surface area contributed by atoms with Gasteiger partial charge in [-0.2, -0.15) is 4.39 Å². The number of hydrogen-bond donors (Lipinski definition) is 0. The Kier molecular flexibility index (Phi) is 9.25. The third-order valence-corrected chi connectivity index (χ3v) is 6.75. The quantitative estimate of drug-likeness (QED) is 0.249. The molecule has 0 spiro atoms. The SMILES string of the molecule is C=CCOc1ccc(-c2ccc(CCC3CCC(CCCCC)CC3)cc2F)c(F)c1F. The minimum atomic E-state index is -1.11. The molecule has 2 aromatic rings. The van der Waals surface area contributed by atoms with E-state index in [0.717, 1.165) is 24.3 Å². The maximum Gasteiger partial charge on any atom is 0.201 e. The van der Waals surface area contributed by atoms with Gasteiger partial charge in [-0.1, -0.05) is 83.1 Å². The molecular weight excluding hydrogens is 409 g/mol. The molecule has 3 rings (SSSR count). The molecule has 0 aromatic heterocycles. The van der Waals surface area contributed by atoms with E-state index in [1.54, 1.807) is 6.07 Å². The van der Waals surface area contributed by atoms with Gasteiger partial charge in [0.15, 0.2) is 11.6 Å². The molecule has 2 aromatic carbocycles. The summed E-state index contributed by atoms with van der Waals surface area (Å²) in [6.07, 6.45) is 13.8. The van der Waals surface area contributed by atoms with Gasteiger partial charge in [0.25, 0.3) is 0 Å². The van der Waals surface area contributed by atoms with E-state index < -0.39 is 17.5 Å².